The maximum atomic E-state index is 11.5. The summed E-state index contributed by atoms with van der Waals surface area (Å²) in [5.74, 6) is 0.193. The maximum Gasteiger partial charge on any atom is 0.226 e. The third-order valence-corrected chi connectivity index (χ3v) is 2.32. The molecule has 1 heterocycles. The second-order valence-electron chi connectivity index (χ2n) is 4.50. The van der Waals surface area contributed by atoms with Crippen molar-refractivity contribution >= 4 is 5.91 Å². The molecular weight excluding hydrogens is 152 g/mol. The summed E-state index contributed by atoms with van der Waals surface area (Å²) in [5.41, 5.74) is 5.73. The third kappa shape index (κ3) is 1.78. The molecule has 0 aromatic carbocycles. The number of carbonyl (C=O) groups excluding carboxylic acids is 1. The summed E-state index contributed by atoms with van der Waals surface area (Å²) in [4.78, 5) is 13.4. The second kappa shape index (κ2) is 3.05. The lowest BCUT2D eigenvalue weighted by molar-refractivity contribution is -0.145. The van der Waals surface area contributed by atoms with Crippen LogP contribution in [0.1, 0.15) is 20.8 Å². The molecule has 0 spiro atoms. The zero-order chi connectivity index (χ0) is 9.35. The summed E-state index contributed by atoms with van der Waals surface area (Å²) in [6.07, 6.45) is 0. The average molecular weight is 170 g/mol. The van der Waals surface area contributed by atoms with Crippen LogP contribution < -0.4 is 5.73 Å². The highest BCUT2D eigenvalue weighted by atomic mass is 16.2. The van der Waals surface area contributed by atoms with Crippen molar-refractivity contribution in [2.75, 3.05) is 19.6 Å². The van der Waals surface area contributed by atoms with Crippen LogP contribution in [0, 0.1) is 11.3 Å². The van der Waals surface area contributed by atoms with Gasteiger partial charge in [-0.3, -0.25) is 4.79 Å². The smallest absolute Gasteiger partial charge is 0.226 e. The maximum absolute atomic E-state index is 11.5. The van der Waals surface area contributed by atoms with Gasteiger partial charge in [-0.25, -0.2) is 0 Å². The van der Waals surface area contributed by atoms with Gasteiger partial charge in [0.2, 0.25) is 5.91 Å². The van der Waals surface area contributed by atoms with Crippen LogP contribution in [0.3, 0.4) is 0 Å². The van der Waals surface area contributed by atoms with Crippen LogP contribution >= 0.6 is 0 Å². The molecule has 70 valence electrons. The molecule has 1 fully saturated rings. The minimum atomic E-state index is -0.0129. The van der Waals surface area contributed by atoms with Crippen LogP contribution in [0.5, 0.6) is 0 Å². The highest BCUT2D eigenvalue weighted by molar-refractivity contribution is 5.79. The highest BCUT2D eigenvalue weighted by Gasteiger charge is 2.38. The zero-order valence-corrected chi connectivity index (χ0v) is 8.13. The van der Waals surface area contributed by atoms with E-state index in [0.717, 1.165) is 13.1 Å². The molecule has 2 N–H and O–H groups in total. The average Bonchev–Trinajstić information content (AvgIpc) is 1.97. The SMILES string of the molecule is CC(CN)C(=O)N1CC(C)(C)C1. The van der Waals surface area contributed by atoms with E-state index in [1.54, 1.807) is 0 Å². The monoisotopic (exact) mass is 170 g/mol. The normalized spacial score (nSPS) is 23.2. The summed E-state index contributed by atoms with van der Waals surface area (Å²) in [7, 11) is 0. The van der Waals surface area contributed by atoms with Crippen molar-refractivity contribution in [3.05, 3.63) is 0 Å². The number of likely N-dealkylation sites (tertiary alicyclic amines) is 1. The minimum Gasteiger partial charge on any atom is -0.341 e. The summed E-state index contributed by atoms with van der Waals surface area (Å²) >= 11 is 0. The van der Waals surface area contributed by atoms with Crippen molar-refractivity contribution in [1.29, 1.82) is 0 Å². The van der Waals surface area contributed by atoms with Gasteiger partial charge in [-0.05, 0) is 5.41 Å². The predicted molar refractivity (Wildman–Crippen MR) is 48.6 cm³/mol. The Balaban J connectivity index is 2.38. The number of hydrogen-bond donors (Lipinski definition) is 1. The van der Waals surface area contributed by atoms with E-state index < -0.39 is 0 Å². The van der Waals surface area contributed by atoms with Crippen molar-refractivity contribution in [2.24, 2.45) is 17.1 Å². The summed E-state index contributed by atoms with van der Waals surface area (Å²) in [6.45, 7) is 8.45. The van der Waals surface area contributed by atoms with Gasteiger partial charge >= 0.3 is 0 Å². The third-order valence-electron chi connectivity index (χ3n) is 2.32. The van der Waals surface area contributed by atoms with Crippen molar-refractivity contribution in [3.8, 4) is 0 Å². The Labute approximate surface area is 73.9 Å². The fraction of sp³-hybridized carbons (Fsp3) is 0.889. The molecule has 1 unspecified atom stereocenters. The summed E-state index contributed by atoms with van der Waals surface area (Å²) < 4.78 is 0. The van der Waals surface area contributed by atoms with Gasteiger partial charge < -0.3 is 10.6 Å². The van der Waals surface area contributed by atoms with Gasteiger partial charge in [0, 0.05) is 25.6 Å². The first-order valence-corrected chi connectivity index (χ1v) is 4.45. The molecule has 0 radical (unpaired) electrons. The Morgan fingerprint density at radius 2 is 2.08 bits per heavy atom. The van der Waals surface area contributed by atoms with E-state index >= 15 is 0 Å². The Morgan fingerprint density at radius 1 is 1.58 bits per heavy atom. The Kier molecular flexibility index (Phi) is 2.42. The van der Waals surface area contributed by atoms with Crippen molar-refractivity contribution in [3.63, 3.8) is 0 Å². The van der Waals surface area contributed by atoms with Gasteiger partial charge in [-0.2, -0.15) is 0 Å². The Hall–Kier alpha value is -0.570. The van der Waals surface area contributed by atoms with Crippen LogP contribution in [-0.2, 0) is 4.79 Å². The number of rotatable bonds is 2. The molecule has 3 nitrogen and oxygen atoms in total. The number of hydrogen-bond acceptors (Lipinski definition) is 2. The lowest BCUT2D eigenvalue weighted by Crippen LogP contribution is -2.57. The first-order valence-electron chi connectivity index (χ1n) is 4.45. The summed E-state index contributed by atoms with van der Waals surface area (Å²) in [6, 6.07) is 0. The molecule has 0 bridgehead atoms. The molecule has 1 amide bonds. The zero-order valence-electron chi connectivity index (χ0n) is 8.13. The van der Waals surface area contributed by atoms with E-state index in [0.29, 0.717) is 12.0 Å². The second-order valence-corrected chi connectivity index (χ2v) is 4.50. The van der Waals surface area contributed by atoms with Crippen LogP contribution in [0.25, 0.3) is 0 Å². The van der Waals surface area contributed by atoms with E-state index in [1.165, 1.54) is 0 Å². The van der Waals surface area contributed by atoms with E-state index in [9.17, 15) is 4.79 Å². The molecule has 1 aliphatic rings. The molecule has 1 aliphatic heterocycles. The van der Waals surface area contributed by atoms with Crippen LogP contribution in [0.4, 0.5) is 0 Å². The quantitative estimate of drug-likeness (QED) is 0.654. The first kappa shape index (κ1) is 9.52. The number of nitrogens with zero attached hydrogens (tertiary/aromatic N) is 1. The number of amides is 1. The highest BCUT2D eigenvalue weighted by Crippen LogP contribution is 2.29. The molecule has 1 atom stereocenters. The van der Waals surface area contributed by atoms with Gasteiger partial charge in [-0.1, -0.05) is 20.8 Å². The van der Waals surface area contributed by atoms with Crippen molar-refractivity contribution < 1.29 is 4.79 Å². The first-order chi connectivity index (χ1) is 5.46. The topological polar surface area (TPSA) is 46.3 Å². The van der Waals surface area contributed by atoms with Crippen molar-refractivity contribution in [2.45, 2.75) is 20.8 Å². The van der Waals surface area contributed by atoms with Gasteiger partial charge in [0.1, 0.15) is 0 Å². The summed E-state index contributed by atoms with van der Waals surface area (Å²) in [5, 5.41) is 0. The molecule has 0 aromatic rings. The van der Waals surface area contributed by atoms with Gasteiger partial charge in [0.15, 0.2) is 0 Å². The van der Waals surface area contributed by atoms with Gasteiger partial charge in [0.25, 0.3) is 0 Å². The van der Waals surface area contributed by atoms with E-state index in [-0.39, 0.29) is 11.8 Å². The molecule has 3 heteroatoms. The number of carbonyl (C=O) groups is 1. The molecule has 12 heavy (non-hydrogen) atoms. The molecule has 1 saturated heterocycles. The largest absolute Gasteiger partial charge is 0.341 e. The molecule has 0 aromatic heterocycles. The van der Waals surface area contributed by atoms with Crippen LogP contribution in [0.15, 0.2) is 0 Å². The lowest BCUT2D eigenvalue weighted by atomic mass is 9.83. The number of nitrogens with two attached hydrogens (primary N) is 1. The van der Waals surface area contributed by atoms with Gasteiger partial charge in [0.05, 0.1) is 0 Å². The molecule has 0 aliphatic carbocycles. The lowest BCUT2D eigenvalue weighted by Gasteiger charge is -2.46. The predicted octanol–water partition coefficient (Wildman–Crippen LogP) is 0.450. The van der Waals surface area contributed by atoms with Gasteiger partial charge in [-0.15, -0.1) is 0 Å². The van der Waals surface area contributed by atoms with Crippen LogP contribution in [0.2, 0.25) is 0 Å². The molecule has 1 rings (SSSR count). The van der Waals surface area contributed by atoms with Crippen LogP contribution in [-0.4, -0.2) is 30.4 Å². The fourth-order valence-electron chi connectivity index (χ4n) is 1.56. The van der Waals surface area contributed by atoms with E-state index in [2.05, 4.69) is 13.8 Å². The Bertz CT molecular complexity index is 181. The fourth-order valence-corrected chi connectivity index (χ4v) is 1.56. The molecule has 0 saturated carbocycles. The van der Waals surface area contributed by atoms with E-state index in [1.807, 2.05) is 11.8 Å². The van der Waals surface area contributed by atoms with E-state index in [4.69, 9.17) is 5.73 Å². The minimum absolute atomic E-state index is 0.0129. The Morgan fingerprint density at radius 3 is 2.42 bits per heavy atom. The standard InChI is InChI=1S/C9H18N2O/c1-7(4-10)8(12)11-5-9(2,3)6-11/h7H,4-6,10H2,1-3H3. The molecular formula is C9H18N2O. The van der Waals surface area contributed by atoms with Crippen molar-refractivity contribution in [1.82, 2.24) is 4.90 Å².